The fourth-order valence-electron chi connectivity index (χ4n) is 1.33. The molecule has 0 heterocycles. The summed E-state index contributed by atoms with van der Waals surface area (Å²) in [7, 11) is 0. The summed E-state index contributed by atoms with van der Waals surface area (Å²) < 4.78 is 15.2. The highest BCUT2D eigenvalue weighted by Gasteiger charge is 2.15. The van der Waals surface area contributed by atoms with Gasteiger partial charge in [-0.1, -0.05) is 18.2 Å². The van der Waals surface area contributed by atoms with Crippen LogP contribution in [0.4, 0.5) is 4.79 Å². The standard InChI is InChI=1S/C15H21NO5/c1-15(2,3)21-14(18)16-9-10-19-13(17)11-20-12-7-5-4-6-8-12/h4-8H,9-11H2,1-3H3,(H,16,18). The van der Waals surface area contributed by atoms with Crippen LogP contribution in [-0.2, 0) is 14.3 Å². The van der Waals surface area contributed by atoms with Crippen molar-refractivity contribution in [2.75, 3.05) is 19.8 Å². The fourth-order valence-corrected chi connectivity index (χ4v) is 1.33. The first-order chi connectivity index (χ1) is 9.87. The van der Waals surface area contributed by atoms with Crippen molar-refractivity contribution in [3.05, 3.63) is 30.3 Å². The summed E-state index contributed by atoms with van der Waals surface area (Å²) in [4.78, 5) is 22.7. The van der Waals surface area contributed by atoms with E-state index in [9.17, 15) is 9.59 Å². The van der Waals surface area contributed by atoms with Gasteiger partial charge < -0.3 is 19.5 Å². The summed E-state index contributed by atoms with van der Waals surface area (Å²) in [6.07, 6.45) is -0.543. The third-order valence-corrected chi connectivity index (χ3v) is 2.13. The van der Waals surface area contributed by atoms with Gasteiger partial charge in [0.15, 0.2) is 6.61 Å². The van der Waals surface area contributed by atoms with E-state index in [-0.39, 0.29) is 19.8 Å². The number of rotatable bonds is 6. The number of carbonyl (C=O) groups excluding carboxylic acids is 2. The Bertz CT molecular complexity index is 453. The van der Waals surface area contributed by atoms with Crippen molar-refractivity contribution in [3.8, 4) is 5.75 Å². The Morgan fingerprint density at radius 3 is 2.43 bits per heavy atom. The van der Waals surface area contributed by atoms with Crippen LogP contribution in [0.2, 0.25) is 0 Å². The molecule has 0 aliphatic carbocycles. The largest absolute Gasteiger partial charge is 0.482 e. The van der Waals surface area contributed by atoms with Gasteiger partial charge in [-0.3, -0.25) is 0 Å². The maximum absolute atomic E-state index is 11.4. The average molecular weight is 295 g/mol. The molecule has 0 saturated heterocycles. The van der Waals surface area contributed by atoms with Crippen LogP contribution in [0.1, 0.15) is 20.8 Å². The van der Waals surface area contributed by atoms with Gasteiger partial charge in [-0.05, 0) is 32.9 Å². The molecule has 6 heteroatoms. The molecule has 0 radical (unpaired) electrons. The smallest absolute Gasteiger partial charge is 0.407 e. The number of amides is 1. The second-order valence-corrected chi connectivity index (χ2v) is 5.25. The predicted octanol–water partition coefficient (Wildman–Crippen LogP) is 2.13. The molecule has 0 bridgehead atoms. The Labute approximate surface area is 124 Å². The van der Waals surface area contributed by atoms with Gasteiger partial charge in [0, 0.05) is 0 Å². The Morgan fingerprint density at radius 1 is 1.14 bits per heavy atom. The van der Waals surface area contributed by atoms with Crippen molar-refractivity contribution in [1.82, 2.24) is 5.32 Å². The van der Waals surface area contributed by atoms with Crippen molar-refractivity contribution in [2.45, 2.75) is 26.4 Å². The van der Waals surface area contributed by atoms with Crippen LogP contribution in [0.3, 0.4) is 0 Å². The summed E-state index contributed by atoms with van der Waals surface area (Å²) >= 11 is 0. The maximum Gasteiger partial charge on any atom is 0.407 e. The van der Waals surface area contributed by atoms with E-state index in [2.05, 4.69) is 5.32 Å². The number of benzene rings is 1. The van der Waals surface area contributed by atoms with Crippen molar-refractivity contribution in [1.29, 1.82) is 0 Å². The second kappa shape index (κ2) is 8.14. The van der Waals surface area contributed by atoms with E-state index in [0.29, 0.717) is 5.75 Å². The van der Waals surface area contributed by atoms with Crippen molar-refractivity contribution < 1.29 is 23.8 Å². The van der Waals surface area contributed by atoms with Gasteiger partial charge in [0.25, 0.3) is 0 Å². The zero-order valence-electron chi connectivity index (χ0n) is 12.5. The molecule has 1 amide bonds. The lowest BCUT2D eigenvalue weighted by Gasteiger charge is -2.19. The number of esters is 1. The van der Waals surface area contributed by atoms with E-state index in [1.807, 2.05) is 18.2 Å². The monoisotopic (exact) mass is 295 g/mol. The Hall–Kier alpha value is -2.24. The molecular formula is C15H21NO5. The molecule has 0 aromatic heterocycles. The SMILES string of the molecule is CC(C)(C)OC(=O)NCCOC(=O)COc1ccccc1. The van der Waals surface area contributed by atoms with Gasteiger partial charge >= 0.3 is 12.1 Å². The highest BCUT2D eigenvalue weighted by molar-refractivity contribution is 5.71. The maximum atomic E-state index is 11.4. The minimum atomic E-state index is -0.551. The van der Waals surface area contributed by atoms with Gasteiger partial charge in [-0.15, -0.1) is 0 Å². The lowest BCUT2D eigenvalue weighted by Crippen LogP contribution is -2.34. The second-order valence-electron chi connectivity index (χ2n) is 5.25. The van der Waals surface area contributed by atoms with Gasteiger partial charge in [-0.2, -0.15) is 0 Å². The first-order valence-electron chi connectivity index (χ1n) is 6.67. The summed E-state index contributed by atoms with van der Waals surface area (Å²) in [5.74, 6) is 0.103. The van der Waals surface area contributed by atoms with E-state index in [0.717, 1.165) is 0 Å². The molecule has 1 aromatic carbocycles. The average Bonchev–Trinajstić information content (AvgIpc) is 2.40. The number of carbonyl (C=O) groups is 2. The minimum Gasteiger partial charge on any atom is -0.482 e. The van der Waals surface area contributed by atoms with Crippen LogP contribution < -0.4 is 10.1 Å². The molecular weight excluding hydrogens is 274 g/mol. The molecule has 1 aromatic rings. The van der Waals surface area contributed by atoms with E-state index in [1.165, 1.54) is 0 Å². The van der Waals surface area contributed by atoms with Crippen LogP contribution in [0.15, 0.2) is 30.3 Å². The van der Waals surface area contributed by atoms with Crippen molar-refractivity contribution >= 4 is 12.1 Å². The molecule has 116 valence electrons. The fraction of sp³-hybridized carbons (Fsp3) is 0.467. The molecule has 0 spiro atoms. The minimum absolute atomic E-state index is 0.0657. The summed E-state index contributed by atoms with van der Waals surface area (Å²) in [5.41, 5.74) is -0.551. The van der Waals surface area contributed by atoms with Crippen molar-refractivity contribution in [3.63, 3.8) is 0 Å². The van der Waals surface area contributed by atoms with Gasteiger partial charge in [-0.25, -0.2) is 9.59 Å². The van der Waals surface area contributed by atoms with Crippen LogP contribution >= 0.6 is 0 Å². The van der Waals surface area contributed by atoms with E-state index in [1.54, 1.807) is 32.9 Å². The third-order valence-electron chi connectivity index (χ3n) is 2.13. The zero-order valence-corrected chi connectivity index (χ0v) is 12.5. The van der Waals surface area contributed by atoms with Crippen molar-refractivity contribution in [2.24, 2.45) is 0 Å². The third kappa shape index (κ3) is 8.52. The highest BCUT2D eigenvalue weighted by Crippen LogP contribution is 2.08. The van der Waals surface area contributed by atoms with Gasteiger partial charge in [0.1, 0.15) is 18.0 Å². The molecule has 21 heavy (non-hydrogen) atoms. The van der Waals surface area contributed by atoms with Crippen LogP contribution in [0.25, 0.3) is 0 Å². The van der Waals surface area contributed by atoms with Gasteiger partial charge in [0.2, 0.25) is 0 Å². The molecule has 0 saturated carbocycles. The lowest BCUT2D eigenvalue weighted by molar-refractivity contribution is -0.145. The normalized spacial score (nSPS) is 10.6. The molecule has 0 aliphatic rings. The topological polar surface area (TPSA) is 73.9 Å². The molecule has 1 rings (SSSR count). The number of para-hydroxylation sites is 1. The van der Waals surface area contributed by atoms with E-state index in [4.69, 9.17) is 14.2 Å². The highest BCUT2D eigenvalue weighted by atomic mass is 16.6. The summed E-state index contributed by atoms with van der Waals surface area (Å²) in [5, 5.41) is 2.49. The number of alkyl carbamates (subject to hydrolysis) is 1. The lowest BCUT2D eigenvalue weighted by atomic mass is 10.2. The molecule has 0 aliphatic heterocycles. The van der Waals surface area contributed by atoms with E-state index < -0.39 is 17.7 Å². The first-order valence-corrected chi connectivity index (χ1v) is 6.67. The molecule has 0 unspecified atom stereocenters. The number of hydrogen-bond donors (Lipinski definition) is 1. The Morgan fingerprint density at radius 2 is 1.81 bits per heavy atom. The number of hydrogen-bond acceptors (Lipinski definition) is 5. The molecule has 0 atom stereocenters. The molecule has 6 nitrogen and oxygen atoms in total. The summed E-state index contributed by atoms with van der Waals surface area (Å²) in [6, 6.07) is 8.97. The van der Waals surface area contributed by atoms with Crippen LogP contribution in [-0.4, -0.2) is 37.4 Å². The zero-order chi connectivity index (χ0) is 15.7. The van der Waals surface area contributed by atoms with Crippen LogP contribution in [0, 0.1) is 0 Å². The van der Waals surface area contributed by atoms with Crippen LogP contribution in [0.5, 0.6) is 5.75 Å². The Balaban J connectivity index is 2.10. The first kappa shape index (κ1) is 16.8. The summed E-state index contributed by atoms with van der Waals surface area (Å²) in [6.45, 7) is 5.40. The quantitative estimate of drug-likeness (QED) is 0.643. The van der Waals surface area contributed by atoms with E-state index >= 15 is 0 Å². The number of ether oxygens (including phenoxy) is 3. The molecule has 1 N–H and O–H groups in total. The van der Waals surface area contributed by atoms with Gasteiger partial charge in [0.05, 0.1) is 6.54 Å². The number of nitrogens with one attached hydrogen (secondary N) is 1. The Kier molecular flexibility index (Phi) is 6.52. The molecule has 0 fully saturated rings. The predicted molar refractivity (Wildman–Crippen MR) is 77.1 cm³/mol.